The predicted molar refractivity (Wildman–Crippen MR) is 90.2 cm³/mol. The summed E-state index contributed by atoms with van der Waals surface area (Å²) in [5.41, 5.74) is 1.65. The molecule has 1 aromatic carbocycles. The molecule has 1 atom stereocenters. The van der Waals surface area contributed by atoms with Crippen LogP contribution in [-0.2, 0) is 6.54 Å². The Labute approximate surface area is 141 Å². The molecule has 6 nitrogen and oxygen atoms in total. The fraction of sp³-hybridized carbons (Fsp3) is 0.444. The summed E-state index contributed by atoms with van der Waals surface area (Å²) in [5, 5.41) is 16.1. The lowest BCUT2D eigenvalue weighted by Gasteiger charge is -2.35. The smallest absolute Gasteiger partial charge is 0.317 e. The first-order valence-corrected chi connectivity index (χ1v) is 8.44. The Morgan fingerprint density at radius 1 is 1.33 bits per heavy atom. The molecule has 1 aliphatic heterocycles. The second-order valence-electron chi connectivity index (χ2n) is 6.06. The van der Waals surface area contributed by atoms with Gasteiger partial charge in [0.15, 0.2) is 5.76 Å². The Balaban J connectivity index is 1.57. The lowest BCUT2D eigenvalue weighted by Crippen LogP contribution is -2.48. The van der Waals surface area contributed by atoms with Crippen LogP contribution < -0.4 is 5.32 Å². The van der Waals surface area contributed by atoms with Gasteiger partial charge in [0, 0.05) is 30.8 Å². The highest BCUT2D eigenvalue weighted by atomic mass is 16.5. The maximum Gasteiger partial charge on any atom is 0.317 e. The molecule has 1 aliphatic rings. The van der Waals surface area contributed by atoms with E-state index in [0.717, 1.165) is 31.4 Å². The van der Waals surface area contributed by atoms with Gasteiger partial charge in [0.05, 0.1) is 6.54 Å². The van der Waals surface area contributed by atoms with E-state index in [2.05, 4.69) is 10.5 Å². The standard InChI is InChI=1S/C18H23N3O3/c22-11-9-16-8-4-5-10-21(16)18(23)19-13-15-12-17(24-20-15)14-6-2-1-3-7-14/h1-3,6-7,12,16,22H,4-5,8-11,13H2,(H,19,23). The van der Waals surface area contributed by atoms with Crippen molar-refractivity contribution >= 4 is 6.03 Å². The maximum atomic E-state index is 12.4. The van der Waals surface area contributed by atoms with Crippen LogP contribution in [0.25, 0.3) is 11.3 Å². The fourth-order valence-electron chi connectivity index (χ4n) is 3.12. The van der Waals surface area contributed by atoms with Crippen molar-refractivity contribution in [2.24, 2.45) is 0 Å². The topological polar surface area (TPSA) is 78.6 Å². The molecule has 128 valence electrons. The molecule has 1 unspecified atom stereocenters. The lowest BCUT2D eigenvalue weighted by molar-refractivity contribution is 0.131. The van der Waals surface area contributed by atoms with Crippen molar-refractivity contribution in [2.75, 3.05) is 13.2 Å². The third-order valence-electron chi connectivity index (χ3n) is 4.39. The average Bonchev–Trinajstić information content (AvgIpc) is 3.10. The highest BCUT2D eigenvalue weighted by Crippen LogP contribution is 2.21. The number of urea groups is 1. The van der Waals surface area contributed by atoms with E-state index >= 15 is 0 Å². The SMILES string of the molecule is O=C(NCc1cc(-c2ccccc2)on1)N1CCCCC1CCO. The minimum Gasteiger partial charge on any atom is -0.396 e. The third-order valence-corrected chi connectivity index (χ3v) is 4.39. The molecule has 0 aliphatic carbocycles. The van der Waals surface area contributed by atoms with Gasteiger partial charge in [-0.3, -0.25) is 0 Å². The Hall–Kier alpha value is -2.34. The quantitative estimate of drug-likeness (QED) is 0.884. The Morgan fingerprint density at radius 2 is 2.17 bits per heavy atom. The first-order chi connectivity index (χ1) is 11.8. The minimum absolute atomic E-state index is 0.0996. The summed E-state index contributed by atoms with van der Waals surface area (Å²) in [4.78, 5) is 14.2. The molecule has 0 radical (unpaired) electrons. The van der Waals surface area contributed by atoms with Crippen LogP contribution >= 0.6 is 0 Å². The maximum absolute atomic E-state index is 12.4. The van der Waals surface area contributed by atoms with Gasteiger partial charge in [0.1, 0.15) is 5.69 Å². The lowest BCUT2D eigenvalue weighted by atomic mass is 10.0. The minimum atomic E-state index is -0.0996. The molecule has 3 rings (SSSR count). The molecule has 2 amide bonds. The number of carbonyl (C=O) groups is 1. The fourth-order valence-corrected chi connectivity index (χ4v) is 3.12. The summed E-state index contributed by atoms with van der Waals surface area (Å²) in [6.07, 6.45) is 3.71. The van der Waals surface area contributed by atoms with E-state index in [1.54, 1.807) is 0 Å². The summed E-state index contributed by atoms with van der Waals surface area (Å²) in [5.74, 6) is 0.691. The Kier molecular flexibility index (Phi) is 5.48. The van der Waals surface area contributed by atoms with E-state index in [4.69, 9.17) is 9.63 Å². The number of aromatic nitrogens is 1. The van der Waals surface area contributed by atoms with Crippen LogP contribution in [0.1, 0.15) is 31.4 Å². The normalized spacial score (nSPS) is 17.7. The number of nitrogens with zero attached hydrogens (tertiary/aromatic N) is 2. The van der Waals surface area contributed by atoms with Crippen LogP contribution in [0.15, 0.2) is 40.9 Å². The van der Waals surface area contributed by atoms with Gasteiger partial charge in [-0.05, 0) is 25.7 Å². The van der Waals surface area contributed by atoms with Crippen LogP contribution in [-0.4, -0.2) is 40.4 Å². The number of piperidine rings is 1. The van der Waals surface area contributed by atoms with Gasteiger partial charge in [0.25, 0.3) is 0 Å². The zero-order valence-electron chi connectivity index (χ0n) is 13.6. The average molecular weight is 329 g/mol. The molecule has 0 saturated carbocycles. The second-order valence-corrected chi connectivity index (χ2v) is 6.06. The number of aliphatic hydroxyl groups excluding tert-OH is 1. The van der Waals surface area contributed by atoms with Crippen molar-refractivity contribution < 1.29 is 14.4 Å². The summed E-state index contributed by atoms with van der Waals surface area (Å²) in [6.45, 7) is 1.18. The highest BCUT2D eigenvalue weighted by molar-refractivity contribution is 5.74. The molecule has 6 heteroatoms. The monoisotopic (exact) mass is 329 g/mol. The first kappa shape index (κ1) is 16.5. The van der Waals surface area contributed by atoms with Crippen LogP contribution in [0.3, 0.4) is 0 Å². The van der Waals surface area contributed by atoms with E-state index in [9.17, 15) is 4.79 Å². The summed E-state index contributed by atoms with van der Waals surface area (Å²) >= 11 is 0. The summed E-state index contributed by atoms with van der Waals surface area (Å²) in [7, 11) is 0. The number of likely N-dealkylation sites (tertiary alicyclic amines) is 1. The van der Waals surface area contributed by atoms with Gasteiger partial charge in [-0.2, -0.15) is 0 Å². The van der Waals surface area contributed by atoms with Gasteiger partial charge in [-0.15, -0.1) is 0 Å². The number of amides is 2. The molecule has 2 aromatic rings. The van der Waals surface area contributed by atoms with Crippen molar-refractivity contribution in [3.05, 3.63) is 42.1 Å². The van der Waals surface area contributed by atoms with Gasteiger partial charge in [-0.1, -0.05) is 35.5 Å². The van der Waals surface area contributed by atoms with Gasteiger partial charge >= 0.3 is 6.03 Å². The number of hydrogen-bond acceptors (Lipinski definition) is 4. The third kappa shape index (κ3) is 3.94. The Morgan fingerprint density at radius 3 is 2.96 bits per heavy atom. The van der Waals surface area contributed by atoms with Crippen molar-refractivity contribution in [1.82, 2.24) is 15.4 Å². The molecule has 1 saturated heterocycles. The second kappa shape index (κ2) is 7.97. The zero-order valence-corrected chi connectivity index (χ0v) is 13.6. The predicted octanol–water partition coefficient (Wildman–Crippen LogP) is 2.79. The molecule has 0 bridgehead atoms. The molecular formula is C18H23N3O3. The first-order valence-electron chi connectivity index (χ1n) is 8.44. The number of rotatable bonds is 5. The van der Waals surface area contributed by atoms with E-state index in [1.807, 2.05) is 41.3 Å². The van der Waals surface area contributed by atoms with E-state index in [1.165, 1.54) is 0 Å². The molecule has 24 heavy (non-hydrogen) atoms. The van der Waals surface area contributed by atoms with E-state index < -0.39 is 0 Å². The molecule has 0 spiro atoms. The molecule has 1 fully saturated rings. The van der Waals surface area contributed by atoms with Gasteiger partial charge < -0.3 is 19.8 Å². The van der Waals surface area contributed by atoms with Crippen LogP contribution in [0, 0.1) is 0 Å². The number of nitrogens with one attached hydrogen (secondary N) is 1. The van der Waals surface area contributed by atoms with Crippen molar-refractivity contribution in [3.63, 3.8) is 0 Å². The van der Waals surface area contributed by atoms with Crippen molar-refractivity contribution in [1.29, 1.82) is 0 Å². The van der Waals surface area contributed by atoms with E-state index in [0.29, 0.717) is 24.4 Å². The molecule has 2 heterocycles. The van der Waals surface area contributed by atoms with Gasteiger partial charge in [0.2, 0.25) is 0 Å². The van der Waals surface area contributed by atoms with Gasteiger partial charge in [-0.25, -0.2) is 4.79 Å². The van der Waals surface area contributed by atoms with Crippen LogP contribution in [0.2, 0.25) is 0 Å². The largest absolute Gasteiger partial charge is 0.396 e. The Bertz CT molecular complexity index is 655. The number of hydrogen-bond donors (Lipinski definition) is 2. The van der Waals surface area contributed by atoms with Crippen molar-refractivity contribution in [2.45, 2.75) is 38.3 Å². The van der Waals surface area contributed by atoms with Crippen LogP contribution in [0.5, 0.6) is 0 Å². The number of benzene rings is 1. The summed E-state index contributed by atoms with van der Waals surface area (Å²) < 4.78 is 5.34. The molecular weight excluding hydrogens is 306 g/mol. The number of aliphatic hydroxyl groups is 1. The zero-order chi connectivity index (χ0) is 16.8. The summed E-state index contributed by atoms with van der Waals surface area (Å²) in [6, 6.07) is 11.6. The molecule has 2 N–H and O–H groups in total. The number of carbonyl (C=O) groups excluding carboxylic acids is 1. The molecule has 1 aromatic heterocycles. The van der Waals surface area contributed by atoms with E-state index in [-0.39, 0.29) is 18.7 Å². The highest BCUT2D eigenvalue weighted by Gasteiger charge is 2.26. The van der Waals surface area contributed by atoms with Crippen molar-refractivity contribution in [3.8, 4) is 11.3 Å². The van der Waals surface area contributed by atoms with Crippen LogP contribution in [0.4, 0.5) is 4.79 Å².